The van der Waals surface area contributed by atoms with Crippen molar-refractivity contribution in [1.29, 1.82) is 0 Å². The molecule has 1 saturated heterocycles. The van der Waals surface area contributed by atoms with Gasteiger partial charge in [-0.2, -0.15) is 0 Å². The van der Waals surface area contributed by atoms with Gasteiger partial charge in [0.25, 0.3) is 0 Å². The van der Waals surface area contributed by atoms with Gasteiger partial charge in [0.15, 0.2) is 10.9 Å². The van der Waals surface area contributed by atoms with Crippen LogP contribution in [-0.4, -0.2) is 27.7 Å². The minimum Gasteiger partial charge on any atom is -0.459 e. The second-order valence-corrected chi connectivity index (χ2v) is 10.4. The number of esters is 1. The van der Waals surface area contributed by atoms with Gasteiger partial charge in [-0.3, -0.25) is 14.4 Å². The fourth-order valence-corrected chi connectivity index (χ4v) is 7.69. The molecule has 4 aliphatic rings. The van der Waals surface area contributed by atoms with Crippen LogP contribution in [0.25, 0.3) is 0 Å². The molecule has 26 heavy (non-hydrogen) atoms. The molecule has 1 aliphatic heterocycles. The molecule has 3 aliphatic carbocycles. The molecule has 0 aromatic heterocycles. The van der Waals surface area contributed by atoms with Crippen molar-refractivity contribution < 1.29 is 19.1 Å². The summed E-state index contributed by atoms with van der Waals surface area (Å²) in [5.41, 5.74) is 0.822. The van der Waals surface area contributed by atoms with E-state index in [2.05, 4.69) is 13.8 Å². The Morgan fingerprint density at radius 2 is 1.92 bits per heavy atom. The maximum Gasteiger partial charge on any atom is 0.306 e. The molecule has 4 rings (SSSR count). The maximum absolute atomic E-state index is 12.3. The van der Waals surface area contributed by atoms with Crippen LogP contribution in [0, 0.1) is 23.2 Å². The van der Waals surface area contributed by atoms with Gasteiger partial charge in [0.05, 0.1) is 0 Å². The third kappa shape index (κ3) is 2.69. The van der Waals surface area contributed by atoms with Gasteiger partial charge in [-0.05, 0) is 56.9 Å². The lowest BCUT2D eigenvalue weighted by molar-refractivity contribution is -0.194. The van der Waals surface area contributed by atoms with Crippen molar-refractivity contribution in [2.75, 3.05) is 0 Å². The van der Waals surface area contributed by atoms with Crippen molar-refractivity contribution >= 4 is 28.6 Å². The lowest BCUT2D eigenvalue weighted by Crippen LogP contribution is -2.58. The van der Waals surface area contributed by atoms with Gasteiger partial charge in [0.2, 0.25) is 0 Å². The molecule has 3 fully saturated rings. The van der Waals surface area contributed by atoms with E-state index in [9.17, 15) is 14.4 Å². The zero-order valence-electron chi connectivity index (χ0n) is 15.9. The Labute approximate surface area is 159 Å². The summed E-state index contributed by atoms with van der Waals surface area (Å²) in [5.74, 6) is 1.48. The van der Waals surface area contributed by atoms with Crippen LogP contribution in [0.1, 0.15) is 65.7 Å². The fourth-order valence-electron chi connectivity index (χ4n) is 6.47. The van der Waals surface area contributed by atoms with Crippen molar-refractivity contribution in [2.45, 2.75) is 76.6 Å². The molecule has 0 radical (unpaired) electrons. The summed E-state index contributed by atoms with van der Waals surface area (Å²) in [7, 11) is 0. The fraction of sp³-hybridized carbons (Fsp3) is 0.762. The SMILES string of the molecule is CC(=O)S[C@@H]1CC(=O)C=C2CC[C@@H]3[C@@H](CC[C@@]4(C)OC(=O)CC[C@H]34)[C@]21C. The highest BCUT2D eigenvalue weighted by Gasteiger charge is 2.60. The number of thioether (sulfide) groups is 1. The van der Waals surface area contributed by atoms with E-state index in [1.54, 1.807) is 6.92 Å². The summed E-state index contributed by atoms with van der Waals surface area (Å²) >= 11 is 1.36. The molecule has 0 bridgehead atoms. The number of allylic oxidation sites excluding steroid dienone is 2. The van der Waals surface area contributed by atoms with Gasteiger partial charge in [-0.25, -0.2) is 0 Å². The second-order valence-electron chi connectivity index (χ2n) is 9.00. The lowest BCUT2D eigenvalue weighted by Gasteiger charge is -2.60. The number of hydrogen-bond acceptors (Lipinski definition) is 5. The predicted molar refractivity (Wildman–Crippen MR) is 101 cm³/mol. The van der Waals surface area contributed by atoms with Crippen LogP contribution in [0.4, 0.5) is 0 Å². The molecule has 0 amide bonds. The molecule has 1 heterocycles. The molecule has 0 N–H and O–H groups in total. The van der Waals surface area contributed by atoms with Crippen LogP contribution in [0.2, 0.25) is 0 Å². The first-order valence-corrected chi connectivity index (χ1v) is 10.7. The van der Waals surface area contributed by atoms with Crippen molar-refractivity contribution in [3.8, 4) is 0 Å². The number of hydrogen-bond donors (Lipinski definition) is 0. The molecular formula is C21H28O4S. The van der Waals surface area contributed by atoms with E-state index >= 15 is 0 Å². The minimum absolute atomic E-state index is 0.0378. The van der Waals surface area contributed by atoms with E-state index < -0.39 is 0 Å². The van der Waals surface area contributed by atoms with E-state index in [0.717, 1.165) is 32.1 Å². The summed E-state index contributed by atoms with van der Waals surface area (Å²) in [5, 5.41) is 0.135. The Balaban J connectivity index is 1.70. The highest BCUT2D eigenvalue weighted by Crippen LogP contribution is 2.63. The molecule has 142 valence electrons. The molecule has 0 aromatic carbocycles. The van der Waals surface area contributed by atoms with E-state index in [0.29, 0.717) is 30.6 Å². The van der Waals surface area contributed by atoms with E-state index in [1.807, 2.05) is 6.08 Å². The van der Waals surface area contributed by atoms with Crippen molar-refractivity contribution in [1.82, 2.24) is 0 Å². The topological polar surface area (TPSA) is 60.4 Å². The number of carbonyl (C=O) groups excluding carboxylic acids is 3. The third-order valence-electron chi connectivity index (χ3n) is 7.68. The summed E-state index contributed by atoms with van der Waals surface area (Å²) in [6.45, 7) is 6.01. The van der Waals surface area contributed by atoms with Gasteiger partial charge >= 0.3 is 5.97 Å². The first kappa shape index (κ1) is 18.3. The Bertz CT molecular complexity index is 698. The Hall–Kier alpha value is -1.10. The van der Waals surface area contributed by atoms with Gasteiger partial charge in [0.1, 0.15) is 5.60 Å². The van der Waals surface area contributed by atoms with Crippen LogP contribution in [0.15, 0.2) is 11.6 Å². The first-order valence-electron chi connectivity index (χ1n) is 9.87. The Kier molecular flexibility index (Phi) is 4.37. The van der Waals surface area contributed by atoms with Crippen LogP contribution in [-0.2, 0) is 19.1 Å². The Morgan fingerprint density at radius 1 is 1.15 bits per heavy atom. The smallest absolute Gasteiger partial charge is 0.306 e. The molecule has 5 heteroatoms. The number of ether oxygens (including phenoxy) is 1. The molecule has 6 atom stereocenters. The minimum atomic E-state index is -0.332. The van der Waals surface area contributed by atoms with Crippen molar-refractivity contribution in [3.05, 3.63) is 11.6 Å². The van der Waals surface area contributed by atoms with Gasteiger partial charge < -0.3 is 4.74 Å². The maximum atomic E-state index is 12.3. The van der Waals surface area contributed by atoms with Crippen LogP contribution < -0.4 is 0 Å². The average Bonchev–Trinajstić information content (AvgIpc) is 2.54. The number of ketones is 1. The summed E-state index contributed by atoms with van der Waals surface area (Å²) in [4.78, 5) is 36.0. The monoisotopic (exact) mass is 376 g/mol. The van der Waals surface area contributed by atoms with Crippen molar-refractivity contribution in [3.63, 3.8) is 0 Å². The zero-order chi connectivity index (χ0) is 18.7. The Morgan fingerprint density at radius 3 is 2.65 bits per heavy atom. The number of fused-ring (bicyclic) bond motifs is 5. The summed E-state index contributed by atoms with van der Waals surface area (Å²) in [6.07, 6.45) is 7.66. The highest BCUT2D eigenvalue weighted by atomic mass is 32.2. The zero-order valence-corrected chi connectivity index (χ0v) is 16.7. The summed E-state index contributed by atoms with van der Waals surface area (Å²) < 4.78 is 5.84. The normalized spacial score (nSPS) is 45.0. The van der Waals surface area contributed by atoms with E-state index in [1.165, 1.54) is 17.3 Å². The van der Waals surface area contributed by atoms with Crippen LogP contribution >= 0.6 is 11.8 Å². The largest absolute Gasteiger partial charge is 0.459 e. The van der Waals surface area contributed by atoms with E-state index in [-0.39, 0.29) is 33.1 Å². The predicted octanol–water partition coefficient (Wildman–Crippen LogP) is 4.07. The quantitative estimate of drug-likeness (QED) is 0.646. The molecular weight excluding hydrogens is 348 g/mol. The average molecular weight is 377 g/mol. The van der Waals surface area contributed by atoms with Crippen molar-refractivity contribution in [2.24, 2.45) is 23.2 Å². The standard InChI is InChI=1S/C21H28O4S/c1-12(22)26-18-11-14(23)10-13-4-5-15-16-6-7-19(24)25-20(16,2)9-8-17(15)21(13,18)3/h10,15-18H,4-9,11H2,1-3H3/t15-,16+,17+,18+,20+,21-/m0/s1. The summed E-state index contributed by atoms with van der Waals surface area (Å²) in [6, 6.07) is 0. The van der Waals surface area contributed by atoms with Gasteiger partial charge in [0, 0.05) is 36.3 Å². The molecule has 2 saturated carbocycles. The first-order chi connectivity index (χ1) is 12.2. The molecule has 0 spiro atoms. The number of rotatable bonds is 1. The second kappa shape index (κ2) is 6.22. The van der Waals surface area contributed by atoms with Crippen LogP contribution in [0.5, 0.6) is 0 Å². The van der Waals surface area contributed by atoms with Gasteiger partial charge in [-0.15, -0.1) is 0 Å². The van der Waals surface area contributed by atoms with E-state index in [4.69, 9.17) is 4.74 Å². The van der Waals surface area contributed by atoms with Crippen LogP contribution in [0.3, 0.4) is 0 Å². The van der Waals surface area contributed by atoms with Gasteiger partial charge in [-0.1, -0.05) is 24.3 Å². The lowest BCUT2D eigenvalue weighted by atomic mass is 9.48. The highest BCUT2D eigenvalue weighted by molar-refractivity contribution is 8.14. The molecule has 0 unspecified atom stereocenters. The molecule has 4 nitrogen and oxygen atoms in total. The third-order valence-corrected chi connectivity index (χ3v) is 8.96. The number of carbonyl (C=O) groups is 3. The molecule has 0 aromatic rings.